The topological polar surface area (TPSA) is 88.0 Å². The number of esters is 1. The van der Waals surface area contributed by atoms with Crippen LogP contribution < -0.4 is 5.32 Å². The van der Waals surface area contributed by atoms with Crippen LogP contribution in [0.25, 0.3) is 16.6 Å². The van der Waals surface area contributed by atoms with E-state index < -0.39 is 0 Å². The molecule has 1 heterocycles. The monoisotopic (exact) mass is 388 g/mol. The first kappa shape index (κ1) is 16.6. The van der Waals surface area contributed by atoms with Crippen molar-refractivity contribution in [3.05, 3.63) is 40.8 Å². The number of para-hydroxylation sites is 1. The lowest BCUT2D eigenvalue weighted by Crippen LogP contribution is -2.42. The highest BCUT2D eigenvalue weighted by atomic mass is 79.9. The standard InChI is InChI=1S/C17H17BrN4O2/c1-24-17(23)10-5-12(6-10)20-8-11(7-19)15-9-21-16-13(18)3-2-4-14(16)22-15/h2-4,7-10,12,19-20H,5-6H2,1H3/b11-8+,19-7?. The van der Waals surface area contributed by atoms with Crippen LogP contribution >= 0.6 is 15.9 Å². The van der Waals surface area contributed by atoms with Crippen molar-refractivity contribution in [3.63, 3.8) is 0 Å². The van der Waals surface area contributed by atoms with Crippen LogP contribution in [0.3, 0.4) is 0 Å². The lowest BCUT2D eigenvalue weighted by molar-refractivity contribution is -0.149. The minimum absolute atomic E-state index is 0.0258. The molecule has 0 unspecified atom stereocenters. The smallest absolute Gasteiger partial charge is 0.308 e. The molecular formula is C17H17BrN4O2. The Morgan fingerprint density at radius 1 is 1.46 bits per heavy atom. The molecule has 3 rings (SSSR count). The van der Waals surface area contributed by atoms with Gasteiger partial charge in [0.15, 0.2) is 0 Å². The Labute approximate surface area is 148 Å². The molecule has 0 aliphatic heterocycles. The molecule has 1 aliphatic carbocycles. The molecule has 24 heavy (non-hydrogen) atoms. The van der Waals surface area contributed by atoms with Gasteiger partial charge < -0.3 is 15.5 Å². The first-order valence-corrected chi connectivity index (χ1v) is 8.38. The van der Waals surface area contributed by atoms with Gasteiger partial charge in [0.1, 0.15) is 5.52 Å². The van der Waals surface area contributed by atoms with Gasteiger partial charge in [0.05, 0.1) is 30.4 Å². The van der Waals surface area contributed by atoms with Crippen LogP contribution in [0, 0.1) is 11.3 Å². The minimum Gasteiger partial charge on any atom is -0.469 e. The number of hydrogen-bond acceptors (Lipinski definition) is 6. The van der Waals surface area contributed by atoms with Crippen molar-refractivity contribution >= 4 is 44.7 Å². The fourth-order valence-electron chi connectivity index (χ4n) is 2.66. The van der Waals surface area contributed by atoms with Gasteiger partial charge in [0.25, 0.3) is 0 Å². The third-order valence-corrected chi connectivity index (χ3v) is 4.76. The summed E-state index contributed by atoms with van der Waals surface area (Å²) in [6, 6.07) is 5.92. The van der Waals surface area contributed by atoms with Crippen molar-refractivity contribution in [3.8, 4) is 0 Å². The summed E-state index contributed by atoms with van der Waals surface area (Å²) in [5.41, 5.74) is 2.83. The molecule has 0 radical (unpaired) electrons. The first-order valence-electron chi connectivity index (χ1n) is 7.58. The van der Waals surface area contributed by atoms with Crippen LogP contribution in [0.1, 0.15) is 18.5 Å². The van der Waals surface area contributed by atoms with E-state index in [1.807, 2.05) is 18.2 Å². The van der Waals surface area contributed by atoms with E-state index in [4.69, 9.17) is 10.1 Å². The van der Waals surface area contributed by atoms with Gasteiger partial charge in [-0.05, 0) is 40.9 Å². The number of carbonyl (C=O) groups is 1. The Bertz CT molecular complexity index is 815. The second-order valence-corrected chi connectivity index (χ2v) is 6.52. The van der Waals surface area contributed by atoms with Crippen LogP contribution in [-0.2, 0) is 9.53 Å². The van der Waals surface area contributed by atoms with Gasteiger partial charge in [0, 0.05) is 28.5 Å². The molecule has 0 saturated heterocycles. The number of allylic oxidation sites excluding steroid dienone is 1. The molecule has 0 spiro atoms. The number of nitrogens with zero attached hydrogens (tertiary/aromatic N) is 2. The average molecular weight is 389 g/mol. The molecule has 1 fully saturated rings. The molecule has 2 N–H and O–H groups in total. The summed E-state index contributed by atoms with van der Waals surface area (Å²) in [4.78, 5) is 20.4. The number of benzene rings is 1. The molecule has 1 aromatic carbocycles. The Morgan fingerprint density at radius 3 is 2.96 bits per heavy atom. The molecule has 1 aliphatic rings. The summed E-state index contributed by atoms with van der Waals surface area (Å²) in [5.74, 6) is -0.183. The maximum Gasteiger partial charge on any atom is 0.308 e. The number of halogens is 1. The van der Waals surface area contributed by atoms with E-state index in [0.717, 1.165) is 28.3 Å². The van der Waals surface area contributed by atoms with Crippen LogP contribution in [0.2, 0.25) is 0 Å². The zero-order chi connectivity index (χ0) is 17.1. The summed E-state index contributed by atoms with van der Waals surface area (Å²) < 4.78 is 5.62. The summed E-state index contributed by atoms with van der Waals surface area (Å²) >= 11 is 3.45. The number of ether oxygens (including phenoxy) is 1. The highest BCUT2D eigenvalue weighted by Crippen LogP contribution is 2.28. The van der Waals surface area contributed by atoms with Crippen molar-refractivity contribution < 1.29 is 9.53 Å². The van der Waals surface area contributed by atoms with Crippen molar-refractivity contribution in [1.82, 2.24) is 15.3 Å². The first-order chi connectivity index (χ1) is 11.6. The summed E-state index contributed by atoms with van der Waals surface area (Å²) in [6.45, 7) is 0. The fourth-order valence-corrected chi connectivity index (χ4v) is 3.11. The highest BCUT2D eigenvalue weighted by molar-refractivity contribution is 9.10. The number of rotatable bonds is 5. The van der Waals surface area contributed by atoms with Gasteiger partial charge in [-0.3, -0.25) is 9.78 Å². The number of aromatic nitrogens is 2. The highest BCUT2D eigenvalue weighted by Gasteiger charge is 2.34. The third kappa shape index (κ3) is 3.31. The molecule has 124 valence electrons. The van der Waals surface area contributed by atoms with E-state index in [0.29, 0.717) is 11.3 Å². The largest absolute Gasteiger partial charge is 0.469 e. The Hall–Kier alpha value is -2.28. The molecule has 0 atom stereocenters. The summed E-state index contributed by atoms with van der Waals surface area (Å²) in [7, 11) is 1.41. The lowest BCUT2D eigenvalue weighted by atomic mass is 9.80. The molecule has 1 aromatic heterocycles. The normalized spacial score (nSPS) is 20.3. The van der Waals surface area contributed by atoms with Crippen LogP contribution in [0.4, 0.5) is 0 Å². The molecule has 2 aromatic rings. The second-order valence-electron chi connectivity index (χ2n) is 5.66. The number of hydrogen-bond donors (Lipinski definition) is 2. The van der Waals surface area contributed by atoms with Gasteiger partial charge >= 0.3 is 5.97 Å². The van der Waals surface area contributed by atoms with Gasteiger partial charge in [-0.1, -0.05) is 6.07 Å². The summed E-state index contributed by atoms with van der Waals surface area (Å²) in [5, 5.41) is 10.9. The van der Waals surface area contributed by atoms with Crippen molar-refractivity contribution in [1.29, 1.82) is 5.41 Å². The van der Waals surface area contributed by atoms with Crippen LogP contribution in [0.5, 0.6) is 0 Å². The fraction of sp³-hybridized carbons (Fsp3) is 0.294. The molecule has 6 nitrogen and oxygen atoms in total. The van der Waals surface area contributed by atoms with Crippen molar-refractivity contribution in [2.45, 2.75) is 18.9 Å². The van der Waals surface area contributed by atoms with E-state index >= 15 is 0 Å². The quantitative estimate of drug-likeness (QED) is 0.607. The lowest BCUT2D eigenvalue weighted by Gasteiger charge is -2.33. The Kier molecular flexibility index (Phi) is 4.89. The molecule has 0 bridgehead atoms. The minimum atomic E-state index is -0.157. The van der Waals surface area contributed by atoms with Crippen LogP contribution in [-0.4, -0.2) is 35.3 Å². The van der Waals surface area contributed by atoms with Gasteiger partial charge in [-0.15, -0.1) is 0 Å². The zero-order valence-electron chi connectivity index (χ0n) is 13.1. The summed E-state index contributed by atoms with van der Waals surface area (Å²) in [6.07, 6.45) is 6.15. The second kappa shape index (κ2) is 7.09. The maximum absolute atomic E-state index is 11.4. The van der Waals surface area contributed by atoms with Gasteiger partial charge in [-0.2, -0.15) is 0 Å². The van der Waals surface area contributed by atoms with E-state index in [9.17, 15) is 4.79 Å². The zero-order valence-corrected chi connectivity index (χ0v) is 14.7. The number of carbonyl (C=O) groups excluding carboxylic acids is 1. The molecule has 0 amide bonds. The number of methoxy groups -OCH3 is 1. The Morgan fingerprint density at radius 2 is 2.25 bits per heavy atom. The third-order valence-electron chi connectivity index (χ3n) is 4.12. The van der Waals surface area contributed by atoms with Crippen molar-refractivity contribution in [2.24, 2.45) is 5.92 Å². The molecule has 7 heteroatoms. The molecular weight excluding hydrogens is 372 g/mol. The van der Waals surface area contributed by atoms with Crippen molar-refractivity contribution in [2.75, 3.05) is 7.11 Å². The van der Waals surface area contributed by atoms with E-state index in [1.165, 1.54) is 13.3 Å². The number of nitrogens with one attached hydrogen (secondary N) is 2. The van der Waals surface area contributed by atoms with E-state index in [2.05, 4.69) is 31.2 Å². The average Bonchev–Trinajstić information content (AvgIpc) is 2.56. The van der Waals surface area contributed by atoms with E-state index in [-0.39, 0.29) is 17.9 Å². The SMILES string of the molecule is COC(=O)C1CC(N/C=C(\C=N)c2cnc3c(Br)cccc3n2)C1. The van der Waals surface area contributed by atoms with Gasteiger partial charge in [-0.25, -0.2) is 4.98 Å². The van der Waals surface area contributed by atoms with E-state index in [1.54, 1.807) is 12.4 Å². The number of fused-ring (bicyclic) bond motifs is 1. The molecule has 1 saturated carbocycles. The maximum atomic E-state index is 11.4. The Balaban J connectivity index is 1.72. The predicted octanol–water partition coefficient (Wildman–Crippen LogP) is 2.92. The predicted molar refractivity (Wildman–Crippen MR) is 95.7 cm³/mol. The van der Waals surface area contributed by atoms with Crippen LogP contribution in [0.15, 0.2) is 35.1 Å². The van der Waals surface area contributed by atoms with Gasteiger partial charge in [0.2, 0.25) is 0 Å².